The Hall–Kier alpha value is -3.46. The zero-order chi connectivity index (χ0) is 20.4. The van der Waals surface area contributed by atoms with Crippen molar-refractivity contribution in [2.24, 2.45) is 0 Å². The molecule has 9 heteroatoms. The first-order valence-corrected chi connectivity index (χ1v) is 9.21. The summed E-state index contributed by atoms with van der Waals surface area (Å²) in [6, 6.07) is 10.9. The van der Waals surface area contributed by atoms with Gasteiger partial charge in [-0.2, -0.15) is 5.10 Å². The number of nitrogens with one attached hydrogen (secondary N) is 3. The number of furan rings is 1. The predicted molar refractivity (Wildman–Crippen MR) is 103 cm³/mol. The van der Waals surface area contributed by atoms with Crippen LogP contribution in [0.1, 0.15) is 25.2 Å². The minimum Gasteiger partial charge on any atom is -0.463 e. The predicted octanol–water partition coefficient (Wildman–Crippen LogP) is 2.42. The summed E-state index contributed by atoms with van der Waals surface area (Å²) in [5.74, 6) is 0.172. The molecule has 0 aliphatic carbocycles. The first kappa shape index (κ1) is 18.9. The Morgan fingerprint density at radius 3 is 2.83 bits per heavy atom. The molecule has 1 aliphatic rings. The zero-order valence-corrected chi connectivity index (χ0v) is 15.7. The molecule has 3 heterocycles. The molecule has 1 saturated heterocycles. The average Bonchev–Trinajstić information content (AvgIpc) is 3.32. The third-order valence-electron chi connectivity index (χ3n) is 4.53. The number of hydrogen-bond acceptors (Lipinski definition) is 5. The van der Waals surface area contributed by atoms with Crippen LogP contribution in [0.5, 0.6) is 0 Å². The van der Waals surface area contributed by atoms with Gasteiger partial charge in [0, 0.05) is 18.5 Å². The minimum absolute atomic E-state index is 0.0484. The Balaban J connectivity index is 1.59. The third-order valence-corrected chi connectivity index (χ3v) is 4.53. The first-order chi connectivity index (χ1) is 14.0. The molecule has 0 spiro atoms. The van der Waals surface area contributed by atoms with Crippen LogP contribution in [0, 0.1) is 5.82 Å². The van der Waals surface area contributed by atoms with Gasteiger partial charge in [0.05, 0.1) is 12.7 Å². The summed E-state index contributed by atoms with van der Waals surface area (Å²) >= 11 is 0. The standard InChI is InChI=1S/C20H20FN5O3/c1-12-9-18(27)24-20(22-12)26-17(11-15(25-26)16-3-2-8-29-16)23-19(28)10-13-4-6-14(21)7-5-13/h2-8,11-12,20,22H,9-10H2,1H3,(H,23,28)(H,24,27). The van der Waals surface area contributed by atoms with E-state index in [1.165, 1.54) is 23.1 Å². The van der Waals surface area contributed by atoms with E-state index in [1.807, 2.05) is 6.92 Å². The molecule has 8 nitrogen and oxygen atoms in total. The van der Waals surface area contributed by atoms with Gasteiger partial charge in [-0.1, -0.05) is 12.1 Å². The fourth-order valence-corrected chi connectivity index (χ4v) is 3.20. The van der Waals surface area contributed by atoms with Gasteiger partial charge in [0.15, 0.2) is 12.0 Å². The molecule has 29 heavy (non-hydrogen) atoms. The second kappa shape index (κ2) is 7.88. The molecule has 2 atom stereocenters. The lowest BCUT2D eigenvalue weighted by molar-refractivity contribution is -0.125. The van der Waals surface area contributed by atoms with Crippen molar-refractivity contribution in [2.75, 3.05) is 5.32 Å². The molecular weight excluding hydrogens is 377 g/mol. The fourth-order valence-electron chi connectivity index (χ4n) is 3.20. The second-order valence-electron chi connectivity index (χ2n) is 6.93. The van der Waals surface area contributed by atoms with Crippen LogP contribution in [0.3, 0.4) is 0 Å². The zero-order valence-electron chi connectivity index (χ0n) is 15.7. The molecule has 3 aromatic rings. The molecule has 1 aromatic carbocycles. The van der Waals surface area contributed by atoms with E-state index in [0.29, 0.717) is 29.3 Å². The van der Waals surface area contributed by atoms with Crippen molar-refractivity contribution in [1.82, 2.24) is 20.4 Å². The molecular formula is C20H20FN5O3. The van der Waals surface area contributed by atoms with Gasteiger partial charge in [0.25, 0.3) is 0 Å². The lowest BCUT2D eigenvalue weighted by Crippen LogP contribution is -2.52. The van der Waals surface area contributed by atoms with Crippen LogP contribution in [0.4, 0.5) is 10.2 Å². The molecule has 1 fully saturated rings. The Morgan fingerprint density at radius 2 is 2.14 bits per heavy atom. The first-order valence-electron chi connectivity index (χ1n) is 9.21. The smallest absolute Gasteiger partial charge is 0.229 e. The van der Waals surface area contributed by atoms with Gasteiger partial charge < -0.3 is 15.1 Å². The van der Waals surface area contributed by atoms with Gasteiger partial charge in [-0.3, -0.25) is 14.9 Å². The van der Waals surface area contributed by atoms with Crippen molar-refractivity contribution >= 4 is 17.6 Å². The molecule has 0 radical (unpaired) electrons. The van der Waals surface area contributed by atoms with E-state index in [-0.39, 0.29) is 30.1 Å². The van der Waals surface area contributed by atoms with Crippen molar-refractivity contribution in [1.29, 1.82) is 0 Å². The van der Waals surface area contributed by atoms with E-state index in [1.54, 1.807) is 30.3 Å². The lowest BCUT2D eigenvalue weighted by atomic mass is 10.1. The Labute approximate surface area is 166 Å². The normalized spacial score (nSPS) is 19.0. The molecule has 2 unspecified atom stereocenters. The van der Waals surface area contributed by atoms with E-state index in [4.69, 9.17) is 4.42 Å². The van der Waals surface area contributed by atoms with Gasteiger partial charge in [-0.05, 0) is 36.8 Å². The van der Waals surface area contributed by atoms with Crippen LogP contribution in [0.25, 0.3) is 11.5 Å². The number of hydrogen-bond donors (Lipinski definition) is 3. The van der Waals surface area contributed by atoms with Gasteiger partial charge in [0.1, 0.15) is 17.3 Å². The third kappa shape index (κ3) is 4.35. The summed E-state index contributed by atoms with van der Waals surface area (Å²) in [6.07, 6.45) is 1.34. The van der Waals surface area contributed by atoms with E-state index in [2.05, 4.69) is 21.0 Å². The maximum Gasteiger partial charge on any atom is 0.229 e. The van der Waals surface area contributed by atoms with Crippen molar-refractivity contribution in [3.8, 4) is 11.5 Å². The minimum atomic E-state index is -0.615. The maximum absolute atomic E-state index is 13.1. The number of carbonyl (C=O) groups is 2. The highest BCUT2D eigenvalue weighted by Gasteiger charge is 2.27. The SMILES string of the molecule is CC1CC(=O)NC(n2nc(-c3ccco3)cc2NC(=O)Cc2ccc(F)cc2)N1. The Kier molecular flexibility index (Phi) is 5.13. The summed E-state index contributed by atoms with van der Waals surface area (Å²) in [6.45, 7) is 1.90. The average molecular weight is 397 g/mol. The number of rotatable bonds is 5. The van der Waals surface area contributed by atoms with Crippen molar-refractivity contribution in [3.05, 3.63) is 60.1 Å². The lowest BCUT2D eigenvalue weighted by Gasteiger charge is -2.30. The molecule has 2 aromatic heterocycles. The van der Waals surface area contributed by atoms with Gasteiger partial charge in [0.2, 0.25) is 11.8 Å². The molecule has 0 saturated carbocycles. The van der Waals surface area contributed by atoms with Gasteiger partial charge >= 0.3 is 0 Å². The Bertz CT molecular complexity index is 1010. The maximum atomic E-state index is 13.1. The number of amides is 2. The molecule has 3 N–H and O–H groups in total. The van der Waals surface area contributed by atoms with E-state index in [9.17, 15) is 14.0 Å². The highest BCUT2D eigenvalue weighted by Crippen LogP contribution is 2.25. The quantitative estimate of drug-likeness (QED) is 0.614. The number of anilines is 1. The summed E-state index contributed by atoms with van der Waals surface area (Å²) in [5.41, 5.74) is 1.19. The highest BCUT2D eigenvalue weighted by molar-refractivity contribution is 5.92. The number of nitrogens with zero attached hydrogens (tertiary/aromatic N) is 2. The van der Waals surface area contributed by atoms with Crippen molar-refractivity contribution in [2.45, 2.75) is 32.1 Å². The van der Waals surface area contributed by atoms with Crippen LogP contribution in [0.15, 0.2) is 53.1 Å². The molecule has 2 amide bonds. The largest absolute Gasteiger partial charge is 0.463 e. The molecule has 4 rings (SSSR count). The number of carbonyl (C=O) groups excluding carboxylic acids is 2. The second-order valence-corrected chi connectivity index (χ2v) is 6.93. The fraction of sp³-hybridized carbons (Fsp3) is 0.250. The highest BCUT2D eigenvalue weighted by atomic mass is 19.1. The van der Waals surface area contributed by atoms with E-state index < -0.39 is 6.29 Å². The van der Waals surface area contributed by atoms with Gasteiger partial charge in [-0.15, -0.1) is 0 Å². The number of aromatic nitrogens is 2. The summed E-state index contributed by atoms with van der Waals surface area (Å²) in [4.78, 5) is 24.5. The summed E-state index contributed by atoms with van der Waals surface area (Å²) in [5, 5.41) is 13.4. The van der Waals surface area contributed by atoms with E-state index in [0.717, 1.165) is 0 Å². The summed E-state index contributed by atoms with van der Waals surface area (Å²) < 4.78 is 20.0. The van der Waals surface area contributed by atoms with E-state index >= 15 is 0 Å². The topological polar surface area (TPSA) is 101 Å². The van der Waals surface area contributed by atoms with Crippen LogP contribution in [0.2, 0.25) is 0 Å². The monoisotopic (exact) mass is 397 g/mol. The van der Waals surface area contributed by atoms with Crippen molar-refractivity contribution in [3.63, 3.8) is 0 Å². The molecule has 150 valence electrons. The van der Waals surface area contributed by atoms with Crippen molar-refractivity contribution < 1.29 is 18.4 Å². The van der Waals surface area contributed by atoms with Gasteiger partial charge in [-0.25, -0.2) is 9.07 Å². The Morgan fingerprint density at radius 1 is 1.34 bits per heavy atom. The summed E-state index contributed by atoms with van der Waals surface area (Å²) in [7, 11) is 0. The number of benzene rings is 1. The van der Waals surface area contributed by atoms with Crippen LogP contribution < -0.4 is 16.0 Å². The van der Waals surface area contributed by atoms with Crippen LogP contribution in [-0.4, -0.2) is 27.6 Å². The number of halogens is 1. The van der Waals surface area contributed by atoms with Crippen LogP contribution in [-0.2, 0) is 16.0 Å². The molecule has 1 aliphatic heterocycles. The molecule has 0 bridgehead atoms. The van der Waals surface area contributed by atoms with Crippen LogP contribution >= 0.6 is 0 Å².